The largest absolute Gasteiger partial charge is 0.487 e. The number of rotatable bonds is 5. The zero-order valence-corrected chi connectivity index (χ0v) is 15.0. The molecular formula is C19H20F3N3O2. The third-order valence-corrected chi connectivity index (χ3v) is 4.35. The van der Waals surface area contributed by atoms with Gasteiger partial charge in [-0.3, -0.25) is 4.79 Å². The summed E-state index contributed by atoms with van der Waals surface area (Å²) in [5.74, 6) is 1.12. The average Bonchev–Trinajstić information content (AvgIpc) is 2.57. The molecule has 8 heteroatoms. The van der Waals surface area contributed by atoms with Gasteiger partial charge in [0, 0.05) is 13.1 Å². The summed E-state index contributed by atoms with van der Waals surface area (Å²) in [7, 11) is 0. The number of hydrogen-bond acceptors (Lipinski definition) is 4. The monoisotopic (exact) mass is 379 g/mol. The van der Waals surface area contributed by atoms with Crippen LogP contribution >= 0.6 is 0 Å². The first-order chi connectivity index (χ1) is 12.7. The van der Waals surface area contributed by atoms with Gasteiger partial charge in [-0.2, -0.15) is 13.2 Å². The van der Waals surface area contributed by atoms with E-state index in [1.807, 2.05) is 36.1 Å². The van der Waals surface area contributed by atoms with Gasteiger partial charge in [-0.15, -0.1) is 0 Å². The molecular weight excluding hydrogens is 359 g/mol. The van der Waals surface area contributed by atoms with Crippen molar-refractivity contribution in [3.05, 3.63) is 53.7 Å². The molecule has 1 aliphatic rings. The molecule has 1 atom stereocenters. The van der Waals surface area contributed by atoms with Crippen LogP contribution in [0.2, 0.25) is 0 Å². The summed E-state index contributed by atoms with van der Waals surface area (Å²) < 4.78 is 43.6. The van der Waals surface area contributed by atoms with Crippen molar-refractivity contribution in [3.8, 4) is 5.75 Å². The third-order valence-electron chi connectivity index (χ3n) is 4.35. The molecule has 2 aromatic rings. The highest BCUT2D eigenvalue weighted by Gasteiger charge is 2.33. The maximum absolute atomic E-state index is 12.6. The molecule has 1 fully saturated rings. The number of carbonyl (C=O) groups is 1. The Kier molecular flexibility index (Phi) is 5.25. The zero-order chi connectivity index (χ0) is 19.6. The highest BCUT2D eigenvalue weighted by molar-refractivity contribution is 5.73. The minimum absolute atomic E-state index is 0.0484. The first-order valence-electron chi connectivity index (χ1n) is 8.54. The van der Waals surface area contributed by atoms with Gasteiger partial charge < -0.3 is 15.0 Å². The Morgan fingerprint density at radius 1 is 1.22 bits per heavy atom. The SMILES string of the molecule is CC(=O)NC(C)c1ccc(OC2CN(c3ccc(C(F)(F)F)cn3)C2)cc1. The van der Waals surface area contributed by atoms with Crippen LogP contribution in [0.3, 0.4) is 0 Å². The maximum atomic E-state index is 12.6. The minimum atomic E-state index is -4.38. The van der Waals surface area contributed by atoms with E-state index in [0.29, 0.717) is 24.7 Å². The van der Waals surface area contributed by atoms with E-state index in [0.717, 1.165) is 17.8 Å². The van der Waals surface area contributed by atoms with Crippen LogP contribution in [0.5, 0.6) is 5.75 Å². The molecule has 27 heavy (non-hydrogen) atoms. The molecule has 1 aromatic carbocycles. The second-order valence-electron chi connectivity index (χ2n) is 6.54. The normalized spacial score (nSPS) is 15.8. The lowest BCUT2D eigenvalue weighted by molar-refractivity contribution is -0.137. The number of benzene rings is 1. The molecule has 0 radical (unpaired) electrons. The number of anilines is 1. The quantitative estimate of drug-likeness (QED) is 0.863. The van der Waals surface area contributed by atoms with Gasteiger partial charge in [0.25, 0.3) is 0 Å². The molecule has 0 saturated carbocycles. The van der Waals surface area contributed by atoms with Crippen LogP contribution in [0.4, 0.5) is 19.0 Å². The first-order valence-corrected chi connectivity index (χ1v) is 8.54. The topological polar surface area (TPSA) is 54.5 Å². The molecule has 2 heterocycles. The molecule has 144 valence electrons. The summed E-state index contributed by atoms with van der Waals surface area (Å²) in [6.45, 7) is 4.49. The number of halogens is 3. The van der Waals surface area contributed by atoms with Crippen molar-refractivity contribution in [1.82, 2.24) is 10.3 Å². The standard InChI is InChI=1S/C19H20F3N3O2/c1-12(24-13(2)26)14-3-6-16(7-4-14)27-17-10-25(11-17)18-8-5-15(9-23-18)19(20,21)22/h3-9,12,17H,10-11H2,1-2H3,(H,24,26). The number of carbonyl (C=O) groups excluding carboxylic acids is 1. The number of aromatic nitrogens is 1. The Bertz CT molecular complexity index is 785. The lowest BCUT2D eigenvalue weighted by Crippen LogP contribution is -2.54. The van der Waals surface area contributed by atoms with E-state index in [4.69, 9.17) is 4.74 Å². The lowest BCUT2D eigenvalue weighted by Gasteiger charge is -2.39. The smallest absolute Gasteiger partial charge is 0.417 e. The zero-order valence-electron chi connectivity index (χ0n) is 15.0. The molecule has 1 saturated heterocycles. The van der Waals surface area contributed by atoms with E-state index >= 15 is 0 Å². The Morgan fingerprint density at radius 3 is 2.41 bits per heavy atom. The van der Waals surface area contributed by atoms with Crippen molar-refractivity contribution in [2.24, 2.45) is 0 Å². The van der Waals surface area contributed by atoms with Gasteiger partial charge in [-0.05, 0) is 36.8 Å². The molecule has 1 amide bonds. The van der Waals surface area contributed by atoms with Crippen molar-refractivity contribution < 1.29 is 22.7 Å². The fraction of sp³-hybridized carbons (Fsp3) is 0.368. The predicted molar refractivity (Wildman–Crippen MR) is 94.5 cm³/mol. The summed E-state index contributed by atoms with van der Waals surface area (Å²) in [5, 5.41) is 2.82. The number of nitrogens with one attached hydrogen (secondary N) is 1. The van der Waals surface area contributed by atoms with E-state index in [2.05, 4.69) is 10.3 Å². The van der Waals surface area contributed by atoms with Crippen LogP contribution in [0.15, 0.2) is 42.6 Å². The van der Waals surface area contributed by atoms with Gasteiger partial charge in [0.1, 0.15) is 17.7 Å². The van der Waals surface area contributed by atoms with E-state index < -0.39 is 11.7 Å². The second-order valence-corrected chi connectivity index (χ2v) is 6.54. The van der Waals surface area contributed by atoms with Crippen LogP contribution in [0.25, 0.3) is 0 Å². The highest BCUT2D eigenvalue weighted by Crippen LogP contribution is 2.30. The van der Waals surface area contributed by atoms with Gasteiger partial charge in [-0.1, -0.05) is 12.1 Å². The van der Waals surface area contributed by atoms with E-state index in [1.165, 1.54) is 13.0 Å². The van der Waals surface area contributed by atoms with Crippen LogP contribution in [0, 0.1) is 0 Å². The van der Waals surface area contributed by atoms with Crippen LogP contribution in [-0.4, -0.2) is 30.1 Å². The molecule has 3 rings (SSSR count). The average molecular weight is 379 g/mol. The summed E-state index contributed by atoms with van der Waals surface area (Å²) in [4.78, 5) is 16.8. The molecule has 0 spiro atoms. The fourth-order valence-electron chi connectivity index (χ4n) is 2.86. The number of amides is 1. The van der Waals surface area contributed by atoms with Crippen LogP contribution < -0.4 is 15.0 Å². The highest BCUT2D eigenvalue weighted by atomic mass is 19.4. The maximum Gasteiger partial charge on any atom is 0.417 e. The van der Waals surface area contributed by atoms with Gasteiger partial charge in [-0.25, -0.2) is 4.98 Å². The molecule has 1 N–H and O–H groups in total. The second kappa shape index (κ2) is 7.46. The first kappa shape index (κ1) is 19.0. The molecule has 5 nitrogen and oxygen atoms in total. The number of nitrogens with zero attached hydrogens (tertiary/aromatic N) is 2. The van der Waals surface area contributed by atoms with E-state index in [-0.39, 0.29) is 18.1 Å². The summed E-state index contributed by atoms with van der Waals surface area (Å²) in [6, 6.07) is 9.79. The lowest BCUT2D eigenvalue weighted by atomic mass is 10.1. The minimum Gasteiger partial charge on any atom is -0.487 e. The van der Waals surface area contributed by atoms with Gasteiger partial charge in [0.15, 0.2) is 0 Å². The summed E-state index contributed by atoms with van der Waals surface area (Å²) >= 11 is 0. The van der Waals surface area contributed by atoms with Crippen LogP contribution in [-0.2, 0) is 11.0 Å². The Balaban J connectivity index is 1.51. The summed E-state index contributed by atoms with van der Waals surface area (Å²) in [5.41, 5.74) is 0.217. The number of alkyl halides is 3. The Hall–Kier alpha value is -2.77. The van der Waals surface area contributed by atoms with E-state index in [1.54, 1.807) is 0 Å². The van der Waals surface area contributed by atoms with Crippen LogP contribution in [0.1, 0.15) is 31.0 Å². The number of hydrogen-bond donors (Lipinski definition) is 1. The number of ether oxygens (including phenoxy) is 1. The number of pyridine rings is 1. The van der Waals surface area contributed by atoms with E-state index in [9.17, 15) is 18.0 Å². The fourth-order valence-corrected chi connectivity index (χ4v) is 2.86. The van der Waals surface area contributed by atoms with Crippen molar-refractivity contribution in [2.45, 2.75) is 32.2 Å². The Labute approximate surface area is 155 Å². The molecule has 1 aliphatic heterocycles. The van der Waals surface area contributed by atoms with Crippen molar-refractivity contribution in [1.29, 1.82) is 0 Å². The molecule has 1 aromatic heterocycles. The van der Waals surface area contributed by atoms with Crippen molar-refractivity contribution in [3.63, 3.8) is 0 Å². The van der Waals surface area contributed by atoms with Gasteiger partial charge >= 0.3 is 6.18 Å². The van der Waals surface area contributed by atoms with Crippen molar-refractivity contribution >= 4 is 11.7 Å². The van der Waals surface area contributed by atoms with Crippen molar-refractivity contribution in [2.75, 3.05) is 18.0 Å². The molecule has 0 aliphatic carbocycles. The molecule has 0 bridgehead atoms. The third kappa shape index (κ3) is 4.69. The molecule has 1 unspecified atom stereocenters. The summed E-state index contributed by atoms with van der Waals surface area (Å²) in [6.07, 6.45) is -3.58. The predicted octanol–water partition coefficient (Wildman–Crippen LogP) is 3.57. The Morgan fingerprint density at radius 2 is 1.89 bits per heavy atom. The van der Waals surface area contributed by atoms with Gasteiger partial charge in [0.05, 0.1) is 24.7 Å². The van der Waals surface area contributed by atoms with Gasteiger partial charge in [0.2, 0.25) is 5.91 Å².